The van der Waals surface area contributed by atoms with Crippen LogP contribution in [-0.4, -0.2) is 60.4 Å². The van der Waals surface area contributed by atoms with Crippen molar-refractivity contribution in [2.75, 3.05) is 32.8 Å². The summed E-state index contributed by atoms with van der Waals surface area (Å²) >= 11 is 0. The highest BCUT2D eigenvalue weighted by molar-refractivity contribution is 5.76. The molecule has 0 saturated carbocycles. The molecule has 1 atom stereocenters. The first kappa shape index (κ1) is 14.4. The summed E-state index contributed by atoms with van der Waals surface area (Å²) in [5.74, 6) is -0.171. The van der Waals surface area contributed by atoms with Gasteiger partial charge in [0.2, 0.25) is 0 Å². The third-order valence-corrected chi connectivity index (χ3v) is 2.92. The number of ether oxygens (including phenoxy) is 1. The van der Waals surface area contributed by atoms with Crippen molar-refractivity contribution < 1.29 is 14.6 Å². The normalized spacial score (nSPS) is 22.5. The lowest BCUT2D eigenvalue weighted by Crippen LogP contribution is -2.56. The summed E-state index contributed by atoms with van der Waals surface area (Å²) in [6.45, 7) is 8.84. The molecule has 1 fully saturated rings. The third kappa shape index (κ3) is 5.02. The highest BCUT2D eigenvalue weighted by Crippen LogP contribution is 2.12. The average molecular weight is 244 g/mol. The molecule has 2 N–H and O–H groups in total. The van der Waals surface area contributed by atoms with Gasteiger partial charge in [-0.3, -0.25) is 9.69 Å². The molecule has 5 nitrogen and oxygen atoms in total. The van der Waals surface area contributed by atoms with Crippen LogP contribution in [0.4, 0.5) is 0 Å². The number of nitrogens with one attached hydrogen (secondary N) is 1. The minimum absolute atomic E-state index is 0.171. The Morgan fingerprint density at radius 3 is 2.88 bits per heavy atom. The van der Waals surface area contributed by atoms with Crippen LogP contribution in [0.25, 0.3) is 0 Å². The van der Waals surface area contributed by atoms with E-state index in [0.29, 0.717) is 26.1 Å². The number of carbonyl (C=O) groups excluding carboxylic acids is 1. The molecule has 0 aliphatic carbocycles. The Morgan fingerprint density at radius 2 is 2.29 bits per heavy atom. The lowest BCUT2D eigenvalue weighted by atomic mass is 10.0. The van der Waals surface area contributed by atoms with E-state index in [4.69, 9.17) is 4.74 Å². The van der Waals surface area contributed by atoms with Gasteiger partial charge < -0.3 is 15.2 Å². The molecule has 17 heavy (non-hydrogen) atoms. The van der Waals surface area contributed by atoms with Gasteiger partial charge in [0.05, 0.1) is 12.2 Å². The van der Waals surface area contributed by atoms with Gasteiger partial charge >= 0.3 is 5.97 Å². The van der Waals surface area contributed by atoms with Crippen LogP contribution in [0, 0.1) is 0 Å². The van der Waals surface area contributed by atoms with Crippen molar-refractivity contribution in [2.24, 2.45) is 0 Å². The third-order valence-electron chi connectivity index (χ3n) is 2.92. The number of piperazine rings is 1. The zero-order valence-electron chi connectivity index (χ0n) is 11.0. The number of aliphatic hydroxyl groups is 1. The molecule has 1 unspecified atom stereocenters. The Hall–Kier alpha value is -0.650. The molecule has 1 aliphatic heterocycles. The van der Waals surface area contributed by atoms with Gasteiger partial charge in [0, 0.05) is 26.2 Å². The molecule has 0 aromatic rings. The quantitative estimate of drug-likeness (QED) is 0.666. The van der Waals surface area contributed by atoms with Crippen LogP contribution in [0.2, 0.25) is 0 Å². The first-order chi connectivity index (χ1) is 7.94. The molecule has 0 amide bonds. The van der Waals surface area contributed by atoms with Crippen molar-refractivity contribution in [1.82, 2.24) is 10.2 Å². The molecular formula is C12H24N2O3. The summed E-state index contributed by atoms with van der Waals surface area (Å²) in [4.78, 5) is 13.9. The maximum Gasteiger partial charge on any atom is 0.324 e. The van der Waals surface area contributed by atoms with E-state index in [1.807, 2.05) is 6.92 Å². The van der Waals surface area contributed by atoms with E-state index in [1.165, 1.54) is 0 Å². The standard InChI is InChI=1S/C12H24N2O3/c1-4-17-11(15)10-9-13-6-8-14(10)7-5-12(2,3)16/h10,13,16H,4-9H2,1-3H3. The summed E-state index contributed by atoms with van der Waals surface area (Å²) in [6, 6.07) is -0.217. The van der Waals surface area contributed by atoms with Crippen molar-refractivity contribution in [2.45, 2.75) is 38.8 Å². The molecule has 1 heterocycles. The van der Waals surface area contributed by atoms with Crippen LogP contribution in [0.5, 0.6) is 0 Å². The summed E-state index contributed by atoms with van der Waals surface area (Å²) in [6.07, 6.45) is 0.656. The monoisotopic (exact) mass is 244 g/mol. The molecule has 0 aromatic carbocycles. The van der Waals surface area contributed by atoms with E-state index in [0.717, 1.165) is 13.1 Å². The fourth-order valence-corrected chi connectivity index (χ4v) is 1.90. The maximum atomic E-state index is 11.8. The van der Waals surface area contributed by atoms with Crippen LogP contribution in [-0.2, 0) is 9.53 Å². The Bertz CT molecular complexity index is 251. The average Bonchev–Trinajstić information content (AvgIpc) is 2.26. The summed E-state index contributed by atoms with van der Waals surface area (Å²) < 4.78 is 5.06. The number of rotatable bonds is 5. The Balaban J connectivity index is 2.50. The Kier molecular flexibility index (Phi) is 5.36. The van der Waals surface area contributed by atoms with Gasteiger partial charge in [-0.05, 0) is 27.2 Å². The minimum Gasteiger partial charge on any atom is -0.465 e. The summed E-state index contributed by atoms with van der Waals surface area (Å²) in [5, 5.41) is 12.9. The summed E-state index contributed by atoms with van der Waals surface area (Å²) in [5.41, 5.74) is -0.690. The van der Waals surface area contributed by atoms with E-state index in [1.54, 1.807) is 13.8 Å². The Morgan fingerprint density at radius 1 is 1.59 bits per heavy atom. The fourth-order valence-electron chi connectivity index (χ4n) is 1.90. The van der Waals surface area contributed by atoms with Gasteiger partial charge in [0.25, 0.3) is 0 Å². The highest BCUT2D eigenvalue weighted by Gasteiger charge is 2.30. The minimum atomic E-state index is -0.690. The van der Waals surface area contributed by atoms with Gasteiger partial charge in [-0.2, -0.15) is 0 Å². The molecule has 1 aliphatic rings. The molecule has 0 spiro atoms. The van der Waals surface area contributed by atoms with Crippen molar-refractivity contribution in [3.8, 4) is 0 Å². The maximum absolute atomic E-state index is 11.8. The fraction of sp³-hybridized carbons (Fsp3) is 0.917. The number of nitrogens with zero attached hydrogens (tertiary/aromatic N) is 1. The largest absolute Gasteiger partial charge is 0.465 e. The van der Waals surface area contributed by atoms with Gasteiger partial charge in [-0.15, -0.1) is 0 Å². The number of hydrogen-bond donors (Lipinski definition) is 2. The van der Waals surface area contributed by atoms with Crippen molar-refractivity contribution in [3.05, 3.63) is 0 Å². The van der Waals surface area contributed by atoms with Crippen molar-refractivity contribution in [3.63, 3.8) is 0 Å². The predicted molar refractivity (Wildman–Crippen MR) is 65.8 cm³/mol. The molecule has 0 aromatic heterocycles. The SMILES string of the molecule is CCOC(=O)C1CNCCN1CCC(C)(C)O. The molecule has 100 valence electrons. The van der Waals surface area contributed by atoms with Crippen molar-refractivity contribution in [1.29, 1.82) is 0 Å². The van der Waals surface area contributed by atoms with E-state index in [2.05, 4.69) is 10.2 Å². The first-order valence-electron chi connectivity index (χ1n) is 6.28. The van der Waals surface area contributed by atoms with Crippen LogP contribution >= 0.6 is 0 Å². The molecule has 5 heteroatoms. The second kappa shape index (κ2) is 6.33. The molecular weight excluding hydrogens is 220 g/mol. The predicted octanol–water partition coefficient (Wildman–Crippen LogP) is -0.0157. The van der Waals surface area contributed by atoms with Gasteiger partial charge in [-0.25, -0.2) is 0 Å². The second-order valence-electron chi connectivity index (χ2n) is 5.07. The zero-order valence-corrected chi connectivity index (χ0v) is 11.0. The van der Waals surface area contributed by atoms with Crippen LogP contribution in [0.15, 0.2) is 0 Å². The lowest BCUT2D eigenvalue weighted by molar-refractivity contribution is -0.150. The van der Waals surface area contributed by atoms with Crippen LogP contribution in [0.1, 0.15) is 27.2 Å². The van der Waals surface area contributed by atoms with Gasteiger partial charge in [0.1, 0.15) is 6.04 Å². The summed E-state index contributed by atoms with van der Waals surface area (Å²) in [7, 11) is 0. The zero-order chi connectivity index (χ0) is 12.9. The smallest absolute Gasteiger partial charge is 0.324 e. The van der Waals surface area contributed by atoms with E-state index in [9.17, 15) is 9.90 Å². The number of carbonyl (C=O) groups is 1. The highest BCUT2D eigenvalue weighted by atomic mass is 16.5. The van der Waals surface area contributed by atoms with Crippen LogP contribution in [0.3, 0.4) is 0 Å². The number of hydrogen-bond acceptors (Lipinski definition) is 5. The van der Waals surface area contributed by atoms with Crippen LogP contribution < -0.4 is 5.32 Å². The van der Waals surface area contributed by atoms with Gasteiger partial charge in [-0.1, -0.05) is 0 Å². The van der Waals surface area contributed by atoms with E-state index >= 15 is 0 Å². The van der Waals surface area contributed by atoms with E-state index in [-0.39, 0.29) is 12.0 Å². The Labute approximate surface area is 103 Å². The first-order valence-corrected chi connectivity index (χ1v) is 6.28. The topological polar surface area (TPSA) is 61.8 Å². The molecule has 0 bridgehead atoms. The van der Waals surface area contributed by atoms with E-state index < -0.39 is 5.60 Å². The lowest BCUT2D eigenvalue weighted by Gasteiger charge is -2.35. The number of esters is 1. The molecule has 1 saturated heterocycles. The second-order valence-corrected chi connectivity index (χ2v) is 5.07. The molecule has 1 rings (SSSR count). The van der Waals surface area contributed by atoms with Crippen molar-refractivity contribution >= 4 is 5.97 Å². The van der Waals surface area contributed by atoms with Gasteiger partial charge in [0.15, 0.2) is 0 Å². The molecule has 0 radical (unpaired) electrons.